The first-order chi connectivity index (χ1) is 11.2. The molecule has 0 fully saturated rings. The van der Waals surface area contributed by atoms with E-state index < -0.39 is 5.97 Å². The molecular formula is C17H16N2O3S. The molecule has 0 saturated carbocycles. The molecule has 118 valence electrons. The van der Waals surface area contributed by atoms with E-state index in [0.717, 1.165) is 0 Å². The number of hydrogen-bond acceptors (Lipinski definition) is 5. The van der Waals surface area contributed by atoms with Gasteiger partial charge >= 0.3 is 5.97 Å². The normalized spacial score (nSPS) is 12.1. The molecule has 2 aromatic rings. The molecule has 0 amide bonds. The Morgan fingerprint density at radius 3 is 2.48 bits per heavy atom. The molecule has 1 aromatic carbocycles. The lowest BCUT2D eigenvalue weighted by Crippen LogP contribution is -2.07. The number of allylic oxidation sites excluding steroid dienone is 1. The fourth-order valence-electron chi connectivity index (χ4n) is 1.98. The number of carboxylic acids is 1. The second kappa shape index (κ2) is 8.14. The minimum atomic E-state index is -0.981. The summed E-state index contributed by atoms with van der Waals surface area (Å²) in [6, 6.07) is 12.5. The summed E-state index contributed by atoms with van der Waals surface area (Å²) in [4.78, 5) is 20.8. The molecular weight excluding hydrogens is 312 g/mol. The van der Waals surface area contributed by atoms with Crippen molar-refractivity contribution in [2.75, 3.05) is 6.26 Å². The second-order valence-electron chi connectivity index (χ2n) is 4.41. The predicted octanol–water partition coefficient (Wildman–Crippen LogP) is 3.67. The summed E-state index contributed by atoms with van der Waals surface area (Å²) in [6.45, 7) is 1.69. The van der Waals surface area contributed by atoms with Crippen molar-refractivity contribution in [1.82, 2.24) is 4.98 Å². The van der Waals surface area contributed by atoms with Crippen LogP contribution in [0.25, 0.3) is 5.57 Å². The number of thioether (sulfide) groups is 1. The fourth-order valence-corrected chi connectivity index (χ4v) is 2.49. The Morgan fingerprint density at radius 1 is 1.22 bits per heavy atom. The highest BCUT2D eigenvalue weighted by Gasteiger charge is 2.16. The van der Waals surface area contributed by atoms with E-state index in [1.54, 1.807) is 49.5 Å². The van der Waals surface area contributed by atoms with Gasteiger partial charge in [-0.3, -0.25) is 0 Å². The van der Waals surface area contributed by atoms with E-state index in [1.807, 2.05) is 18.4 Å². The number of nitrogens with zero attached hydrogens (tertiary/aromatic N) is 2. The summed E-state index contributed by atoms with van der Waals surface area (Å²) in [7, 11) is 0. The summed E-state index contributed by atoms with van der Waals surface area (Å²) < 4.78 is 0. The van der Waals surface area contributed by atoms with Gasteiger partial charge in [-0.1, -0.05) is 41.6 Å². The Labute approximate surface area is 138 Å². The van der Waals surface area contributed by atoms with Gasteiger partial charge in [-0.15, -0.1) is 11.8 Å². The highest BCUT2D eigenvalue weighted by Crippen LogP contribution is 2.24. The van der Waals surface area contributed by atoms with E-state index in [-0.39, 0.29) is 5.57 Å². The smallest absolute Gasteiger partial charge is 0.335 e. The average Bonchev–Trinajstić information content (AvgIpc) is 2.58. The molecule has 0 aliphatic rings. The first kappa shape index (κ1) is 16.8. The molecule has 6 heteroatoms. The van der Waals surface area contributed by atoms with Crippen molar-refractivity contribution >= 4 is 28.3 Å². The van der Waals surface area contributed by atoms with Crippen molar-refractivity contribution in [3.8, 4) is 5.88 Å². The maximum absolute atomic E-state index is 11.4. The monoisotopic (exact) mass is 328 g/mol. The summed E-state index contributed by atoms with van der Waals surface area (Å²) in [5.41, 5.74) is 1.52. The molecule has 0 unspecified atom stereocenters. The van der Waals surface area contributed by atoms with E-state index >= 15 is 0 Å². The molecule has 0 radical (unpaired) electrons. The van der Waals surface area contributed by atoms with Crippen LogP contribution in [-0.4, -0.2) is 27.4 Å². The molecule has 2 rings (SSSR count). The number of benzene rings is 1. The molecule has 0 bridgehead atoms. The van der Waals surface area contributed by atoms with Crippen LogP contribution in [0.1, 0.15) is 18.1 Å². The number of aromatic nitrogens is 1. The van der Waals surface area contributed by atoms with Crippen molar-refractivity contribution in [3.63, 3.8) is 0 Å². The molecule has 1 N–H and O–H groups in total. The van der Waals surface area contributed by atoms with Crippen LogP contribution in [0.3, 0.4) is 0 Å². The van der Waals surface area contributed by atoms with E-state index in [4.69, 9.17) is 4.84 Å². The van der Waals surface area contributed by atoms with Gasteiger partial charge in [0.1, 0.15) is 5.04 Å². The quantitative estimate of drug-likeness (QED) is 0.392. The van der Waals surface area contributed by atoms with Crippen molar-refractivity contribution < 1.29 is 14.7 Å². The number of aliphatic carboxylic acids is 1. The van der Waals surface area contributed by atoms with Gasteiger partial charge in [-0.05, 0) is 24.8 Å². The largest absolute Gasteiger partial charge is 0.478 e. The molecule has 1 heterocycles. The van der Waals surface area contributed by atoms with E-state index in [0.29, 0.717) is 22.1 Å². The van der Waals surface area contributed by atoms with Gasteiger partial charge in [-0.2, -0.15) is 0 Å². The van der Waals surface area contributed by atoms with Crippen LogP contribution < -0.4 is 4.84 Å². The van der Waals surface area contributed by atoms with Crippen LogP contribution in [0.2, 0.25) is 0 Å². The van der Waals surface area contributed by atoms with Gasteiger partial charge in [0, 0.05) is 17.8 Å². The van der Waals surface area contributed by atoms with Crippen LogP contribution in [0, 0.1) is 0 Å². The van der Waals surface area contributed by atoms with Crippen molar-refractivity contribution in [1.29, 1.82) is 0 Å². The number of carboxylic acid groups (broad SMARTS) is 1. The average molecular weight is 328 g/mol. The Morgan fingerprint density at radius 2 is 1.91 bits per heavy atom. The molecule has 23 heavy (non-hydrogen) atoms. The zero-order valence-electron chi connectivity index (χ0n) is 12.8. The molecule has 0 aliphatic heterocycles. The van der Waals surface area contributed by atoms with E-state index in [1.165, 1.54) is 11.8 Å². The van der Waals surface area contributed by atoms with Crippen LogP contribution in [0.15, 0.2) is 59.9 Å². The lowest BCUT2D eigenvalue weighted by atomic mass is 10.00. The number of hydrogen-bond donors (Lipinski definition) is 1. The predicted molar refractivity (Wildman–Crippen MR) is 92.6 cm³/mol. The van der Waals surface area contributed by atoms with Crippen molar-refractivity contribution in [3.05, 3.63) is 65.9 Å². The molecule has 0 saturated heterocycles. The zero-order chi connectivity index (χ0) is 16.7. The highest BCUT2D eigenvalue weighted by atomic mass is 32.2. The van der Waals surface area contributed by atoms with E-state index in [9.17, 15) is 9.90 Å². The van der Waals surface area contributed by atoms with Crippen LogP contribution in [0.5, 0.6) is 5.88 Å². The summed E-state index contributed by atoms with van der Waals surface area (Å²) in [6.07, 6.45) is 5.03. The molecule has 0 aliphatic carbocycles. The Kier molecular flexibility index (Phi) is 5.94. The summed E-state index contributed by atoms with van der Waals surface area (Å²) >= 11 is 1.37. The van der Waals surface area contributed by atoms with Gasteiger partial charge in [0.25, 0.3) is 0 Å². The van der Waals surface area contributed by atoms with E-state index in [2.05, 4.69) is 10.1 Å². The third-order valence-corrected chi connectivity index (χ3v) is 3.70. The van der Waals surface area contributed by atoms with Gasteiger partial charge in [-0.25, -0.2) is 9.78 Å². The molecule has 5 nitrogen and oxygen atoms in total. The lowest BCUT2D eigenvalue weighted by molar-refractivity contribution is -0.130. The third-order valence-electron chi connectivity index (χ3n) is 3.02. The molecule has 1 aromatic heterocycles. The Hall–Kier alpha value is -2.60. The van der Waals surface area contributed by atoms with Gasteiger partial charge in [0.05, 0.1) is 5.57 Å². The second-order valence-corrected chi connectivity index (χ2v) is 5.21. The number of carbonyl (C=O) groups is 1. The first-order valence-electron chi connectivity index (χ1n) is 6.86. The summed E-state index contributed by atoms with van der Waals surface area (Å²) in [5, 5.41) is 14.0. The van der Waals surface area contributed by atoms with Crippen molar-refractivity contribution in [2.24, 2.45) is 5.16 Å². The number of oxime groups is 1. The van der Waals surface area contributed by atoms with Gasteiger partial charge in [0.15, 0.2) is 0 Å². The topological polar surface area (TPSA) is 71.8 Å². The Balaban J connectivity index is 2.40. The molecule has 0 spiro atoms. The van der Waals surface area contributed by atoms with Crippen molar-refractivity contribution in [2.45, 2.75) is 6.92 Å². The molecule has 0 atom stereocenters. The SMILES string of the molecule is CC=C(C(=O)O)c1ccccc1C(=NOc1ccccn1)SC. The minimum Gasteiger partial charge on any atom is -0.478 e. The highest BCUT2D eigenvalue weighted by molar-refractivity contribution is 8.13. The standard InChI is InChI=1S/C17H16N2O3S/c1-3-12(17(20)21)13-8-4-5-9-14(13)16(23-2)19-22-15-10-6-7-11-18-15/h3-11H,1-2H3,(H,20,21). The third kappa shape index (κ3) is 4.20. The lowest BCUT2D eigenvalue weighted by Gasteiger charge is -2.10. The van der Waals surface area contributed by atoms with Crippen LogP contribution in [0.4, 0.5) is 0 Å². The fraction of sp³-hybridized carbons (Fsp3) is 0.118. The maximum Gasteiger partial charge on any atom is 0.335 e. The van der Waals surface area contributed by atoms with Crippen LogP contribution >= 0.6 is 11.8 Å². The first-order valence-corrected chi connectivity index (χ1v) is 8.09. The Bertz CT molecular complexity index is 743. The zero-order valence-corrected chi connectivity index (χ0v) is 13.6. The minimum absolute atomic E-state index is 0.222. The van der Waals surface area contributed by atoms with Gasteiger partial charge in [0.2, 0.25) is 5.88 Å². The summed E-state index contributed by atoms with van der Waals surface area (Å²) in [5.74, 6) is -0.605. The number of pyridine rings is 1. The number of rotatable bonds is 5. The van der Waals surface area contributed by atoms with Crippen LogP contribution in [-0.2, 0) is 4.79 Å². The maximum atomic E-state index is 11.4. The van der Waals surface area contributed by atoms with Gasteiger partial charge < -0.3 is 9.94 Å².